The molecule has 1 heterocycles. The minimum absolute atomic E-state index is 0.631. The number of nitrogen functional groups attached to an aromatic ring is 1. The number of benzene rings is 2. The quantitative estimate of drug-likeness (QED) is 0.388. The Morgan fingerprint density at radius 1 is 0.864 bits per heavy atom. The fraction of sp³-hybridized carbons (Fsp3) is 0.250. The molecule has 0 radical (unpaired) electrons. The summed E-state index contributed by atoms with van der Waals surface area (Å²) >= 11 is 0. The van der Waals surface area contributed by atoms with Gasteiger partial charge in [-0.2, -0.15) is 0 Å². The van der Waals surface area contributed by atoms with Crippen molar-refractivity contribution in [3.05, 3.63) is 36.4 Å². The summed E-state index contributed by atoms with van der Waals surface area (Å²) in [5.74, 6) is 0. The molecule has 0 aliphatic heterocycles. The van der Waals surface area contributed by atoms with Crippen LogP contribution in [0.3, 0.4) is 0 Å². The van der Waals surface area contributed by atoms with Crippen molar-refractivity contribution in [3.63, 3.8) is 0 Å². The molecule has 0 spiro atoms. The molecule has 0 bridgehead atoms. The summed E-state index contributed by atoms with van der Waals surface area (Å²) in [6, 6.07) is 10.8. The Kier molecular flexibility index (Phi) is 3.56. The summed E-state index contributed by atoms with van der Waals surface area (Å²) in [6.45, 7) is 3.20. The number of nitrogens with zero attached hydrogens (tertiary/aromatic N) is 3. The van der Waals surface area contributed by atoms with Crippen molar-refractivity contribution in [2.24, 2.45) is 0 Å². The number of anilines is 2. The summed E-state index contributed by atoms with van der Waals surface area (Å²) in [4.78, 5) is 10.6. The Morgan fingerprint density at radius 2 is 1.41 bits per heavy atom. The molecule has 2 atom stereocenters. The highest BCUT2D eigenvalue weighted by molar-refractivity contribution is 5.89. The molecule has 6 nitrogen and oxygen atoms in total. The van der Waals surface area contributed by atoms with Crippen molar-refractivity contribution >= 4 is 33.4 Å². The zero-order chi connectivity index (χ0) is 15.9. The Labute approximate surface area is 127 Å². The molecule has 6 heteroatoms. The Bertz CT molecular complexity index is 825. The summed E-state index contributed by atoms with van der Waals surface area (Å²) in [6.07, 6.45) is -1.64. The minimum atomic E-state index is -0.818. The average molecular weight is 298 g/mol. The summed E-state index contributed by atoms with van der Waals surface area (Å²) in [5.41, 5.74) is 10.0. The van der Waals surface area contributed by atoms with E-state index in [9.17, 15) is 10.2 Å². The molecule has 3 aromatic rings. The van der Waals surface area contributed by atoms with Gasteiger partial charge in [0.25, 0.3) is 0 Å². The zero-order valence-corrected chi connectivity index (χ0v) is 12.4. The SMILES string of the molecule is CC(O)N(c1ccc2nc3ccc(N)cc3nc2c1)C(C)O. The fourth-order valence-corrected chi connectivity index (χ4v) is 2.58. The number of aliphatic hydroxyl groups excluding tert-OH is 2. The molecule has 0 fully saturated rings. The second-order valence-corrected chi connectivity index (χ2v) is 5.32. The molecule has 0 aliphatic rings. The zero-order valence-electron chi connectivity index (χ0n) is 12.4. The molecular weight excluding hydrogens is 280 g/mol. The van der Waals surface area contributed by atoms with Gasteiger partial charge in [0, 0.05) is 11.4 Å². The van der Waals surface area contributed by atoms with Crippen LogP contribution in [-0.2, 0) is 0 Å². The molecule has 0 amide bonds. The van der Waals surface area contributed by atoms with Crippen molar-refractivity contribution in [1.29, 1.82) is 0 Å². The van der Waals surface area contributed by atoms with Gasteiger partial charge in [-0.25, -0.2) is 9.97 Å². The van der Waals surface area contributed by atoms with Gasteiger partial charge in [-0.3, -0.25) is 0 Å². The van der Waals surface area contributed by atoms with Gasteiger partial charge in [0.15, 0.2) is 0 Å². The van der Waals surface area contributed by atoms with Gasteiger partial charge in [0.05, 0.1) is 22.1 Å². The second kappa shape index (κ2) is 5.40. The first kappa shape index (κ1) is 14.5. The first-order valence-electron chi connectivity index (χ1n) is 7.07. The molecule has 2 aromatic carbocycles. The number of fused-ring (bicyclic) bond motifs is 2. The molecule has 114 valence electrons. The first-order chi connectivity index (χ1) is 10.5. The minimum Gasteiger partial charge on any atom is -0.399 e. The van der Waals surface area contributed by atoms with E-state index in [1.807, 2.05) is 12.1 Å². The van der Waals surface area contributed by atoms with E-state index < -0.39 is 12.5 Å². The molecule has 3 rings (SSSR count). The van der Waals surface area contributed by atoms with Crippen molar-refractivity contribution in [1.82, 2.24) is 9.97 Å². The maximum Gasteiger partial charge on any atom is 0.126 e. The van der Waals surface area contributed by atoms with E-state index in [0.29, 0.717) is 22.4 Å². The highest BCUT2D eigenvalue weighted by Crippen LogP contribution is 2.25. The lowest BCUT2D eigenvalue weighted by Gasteiger charge is -2.30. The number of aliphatic hydroxyl groups is 2. The second-order valence-electron chi connectivity index (χ2n) is 5.32. The molecule has 0 saturated heterocycles. The molecule has 2 unspecified atom stereocenters. The lowest BCUT2D eigenvalue weighted by atomic mass is 10.2. The van der Waals surface area contributed by atoms with Crippen molar-refractivity contribution in [3.8, 4) is 0 Å². The van der Waals surface area contributed by atoms with Crippen LogP contribution in [0.4, 0.5) is 11.4 Å². The topological polar surface area (TPSA) is 95.5 Å². The van der Waals surface area contributed by atoms with Gasteiger partial charge < -0.3 is 20.8 Å². The van der Waals surface area contributed by atoms with E-state index in [2.05, 4.69) is 9.97 Å². The standard InChI is InChI=1S/C16H18N4O2/c1-9(21)20(10(2)22)12-4-6-14-16(8-12)19-15-7-11(17)3-5-13(15)18-14/h3-10,21-22H,17H2,1-2H3. The van der Waals surface area contributed by atoms with Crippen LogP contribution in [0.25, 0.3) is 22.1 Å². The molecule has 0 aliphatic carbocycles. The number of nitrogens with two attached hydrogens (primary N) is 1. The smallest absolute Gasteiger partial charge is 0.126 e. The molecule has 4 N–H and O–H groups in total. The number of aromatic nitrogens is 2. The van der Waals surface area contributed by atoms with Gasteiger partial charge in [-0.1, -0.05) is 0 Å². The van der Waals surface area contributed by atoms with E-state index in [1.54, 1.807) is 38.1 Å². The van der Waals surface area contributed by atoms with E-state index in [4.69, 9.17) is 5.73 Å². The number of hydrogen-bond acceptors (Lipinski definition) is 6. The lowest BCUT2D eigenvalue weighted by Crippen LogP contribution is -2.40. The first-order valence-corrected chi connectivity index (χ1v) is 7.07. The average Bonchev–Trinajstić information content (AvgIpc) is 2.44. The summed E-state index contributed by atoms with van der Waals surface area (Å²) in [5, 5.41) is 19.7. The van der Waals surface area contributed by atoms with Crippen molar-refractivity contribution < 1.29 is 10.2 Å². The van der Waals surface area contributed by atoms with E-state index in [-0.39, 0.29) is 0 Å². The molecular formula is C16H18N4O2. The van der Waals surface area contributed by atoms with Gasteiger partial charge >= 0.3 is 0 Å². The van der Waals surface area contributed by atoms with Gasteiger partial charge in [0.1, 0.15) is 12.5 Å². The Balaban J connectivity index is 2.17. The molecule has 0 saturated carbocycles. The predicted octanol–water partition coefficient (Wildman–Crippen LogP) is 1.85. The summed E-state index contributed by atoms with van der Waals surface area (Å²) < 4.78 is 0. The van der Waals surface area contributed by atoms with Crippen molar-refractivity contribution in [2.45, 2.75) is 26.3 Å². The highest BCUT2D eigenvalue weighted by atomic mass is 16.3. The number of rotatable bonds is 3. The van der Waals surface area contributed by atoms with Crippen LogP contribution in [0.1, 0.15) is 13.8 Å². The number of hydrogen-bond donors (Lipinski definition) is 3. The Morgan fingerprint density at radius 3 is 2.05 bits per heavy atom. The third kappa shape index (κ3) is 2.54. The van der Waals surface area contributed by atoms with Gasteiger partial charge in [-0.05, 0) is 50.2 Å². The maximum atomic E-state index is 9.83. The van der Waals surface area contributed by atoms with E-state index in [1.165, 1.54) is 4.90 Å². The summed E-state index contributed by atoms with van der Waals surface area (Å²) in [7, 11) is 0. The van der Waals surface area contributed by atoms with Crippen LogP contribution < -0.4 is 10.6 Å². The molecule has 22 heavy (non-hydrogen) atoms. The van der Waals surface area contributed by atoms with E-state index >= 15 is 0 Å². The van der Waals surface area contributed by atoms with Crippen molar-refractivity contribution in [2.75, 3.05) is 10.6 Å². The third-order valence-corrected chi connectivity index (χ3v) is 3.54. The monoisotopic (exact) mass is 298 g/mol. The predicted molar refractivity (Wildman–Crippen MR) is 87.3 cm³/mol. The van der Waals surface area contributed by atoms with Crippen LogP contribution in [0.2, 0.25) is 0 Å². The largest absolute Gasteiger partial charge is 0.399 e. The highest BCUT2D eigenvalue weighted by Gasteiger charge is 2.17. The van der Waals surface area contributed by atoms with Gasteiger partial charge in [0.2, 0.25) is 0 Å². The normalized spacial score (nSPS) is 14.2. The third-order valence-electron chi connectivity index (χ3n) is 3.54. The van der Waals surface area contributed by atoms with E-state index in [0.717, 1.165) is 11.0 Å². The van der Waals surface area contributed by atoms with Crippen LogP contribution in [0.15, 0.2) is 36.4 Å². The van der Waals surface area contributed by atoms with Crippen LogP contribution in [0.5, 0.6) is 0 Å². The maximum absolute atomic E-state index is 9.83. The Hall–Kier alpha value is -2.44. The lowest BCUT2D eigenvalue weighted by molar-refractivity contribution is 0.105. The van der Waals surface area contributed by atoms with Crippen LogP contribution >= 0.6 is 0 Å². The van der Waals surface area contributed by atoms with Gasteiger partial charge in [-0.15, -0.1) is 0 Å². The molecule has 1 aromatic heterocycles. The van der Waals surface area contributed by atoms with Crippen LogP contribution in [0, 0.1) is 0 Å². The van der Waals surface area contributed by atoms with Crippen LogP contribution in [-0.4, -0.2) is 32.6 Å². The fourth-order valence-electron chi connectivity index (χ4n) is 2.58.